The monoisotopic (exact) mass is 408 g/mol. The van der Waals surface area contributed by atoms with Gasteiger partial charge in [0.1, 0.15) is 6.61 Å². The van der Waals surface area contributed by atoms with E-state index in [9.17, 15) is 4.79 Å². The van der Waals surface area contributed by atoms with E-state index >= 15 is 0 Å². The maximum atomic E-state index is 11.4. The lowest BCUT2D eigenvalue weighted by Gasteiger charge is -2.11. The van der Waals surface area contributed by atoms with Gasteiger partial charge in [0, 0.05) is 23.7 Å². The molecule has 0 saturated heterocycles. The quantitative estimate of drug-likeness (QED) is 0.565. The minimum atomic E-state index is -0.564. The number of pyridine rings is 1. The molecule has 1 heterocycles. The average molecular weight is 408 g/mol. The highest BCUT2D eigenvalue weighted by molar-refractivity contribution is 5.92. The zero-order valence-electron chi connectivity index (χ0n) is 16.9. The molecule has 0 unspecified atom stereocenters. The number of ether oxygens (including phenoxy) is 3. The first-order valence-electron chi connectivity index (χ1n) is 9.45. The number of carbonyl (C=O) groups excluding carboxylic acids is 1. The van der Waals surface area contributed by atoms with Crippen LogP contribution in [-0.2, 0) is 11.2 Å². The maximum Gasteiger partial charge on any atom is 0.250 e. The molecule has 156 valence electrons. The van der Waals surface area contributed by atoms with Crippen molar-refractivity contribution in [3.05, 3.63) is 66.2 Å². The van der Waals surface area contributed by atoms with Gasteiger partial charge in [0.2, 0.25) is 11.8 Å². The third kappa shape index (κ3) is 5.48. The summed E-state index contributed by atoms with van der Waals surface area (Å²) in [5.41, 5.74) is 3.21. The first kappa shape index (κ1) is 21.1. The van der Waals surface area contributed by atoms with E-state index in [1.807, 2.05) is 42.5 Å². The van der Waals surface area contributed by atoms with E-state index in [0.29, 0.717) is 36.1 Å². The number of methoxy groups -OCH3 is 2. The maximum absolute atomic E-state index is 11.4. The van der Waals surface area contributed by atoms with Gasteiger partial charge in [-0.05, 0) is 35.9 Å². The van der Waals surface area contributed by atoms with Crippen LogP contribution in [0.1, 0.15) is 5.56 Å². The molecule has 2 aromatic carbocycles. The van der Waals surface area contributed by atoms with Crippen LogP contribution in [-0.4, -0.2) is 43.4 Å². The van der Waals surface area contributed by atoms with Crippen LogP contribution >= 0.6 is 0 Å². The highest BCUT2D eigenvalue weighted by atomic mass is 16.5. The van der Waals surface area contributed by atoms with Gasteiger partial charge in [-0.15, -0.1) is 0 Å². The Morgan fingerprint density at radius 1 is 1.00 bits per heavy atom. The lowest BCUT2D eigenvalue weighted by Crippen LogP contribution is -2.15. The summed E-state index contributed by atoms with van der Waals surface area (Å²) in [4.78, 5) is 15.9. The molecular weight excluding hydrogens is 384 g/mol. The van der Waals surface area contributed by atoms with E-state index in [0.717, 1.165) is 16.8 Å². The molecule has 1 amide bonds. The highest BCUT2D eigenvalue weighted by Gasteiger charge is 2.07. The number of aliphatic hydroxyl groups excluding tert-OH is 1. The van der Waals surface area contributed by atoms with Crippen molar-refractivity contribution in [3.8, 4) is 28.6 Å². The van der Waals surface area contributed by atoms with Crippen molar-refractivity contribution in [2.75, 3.05) is 32.8 Å². The fourth-order valence-corrected chi connectivity index (χ4v) is 2.92. The molecule has 0 radical (unpaired) electrons. The van der Waals surface area contributed by atoms with Crippen LogP contribution in [0.25, 0.3) is 11.3 Å². The van der Waals surface area contributed by atoms with E-state index in [4.69, 9.17) is 19.3 Å². The van der Waals surface area contributed by atoms with Crippen molar-refractivity contribution >= 4 is 11.6 Å². The second-order valence-electron chi connectivity index (χ2n) is 6.44. The van der Waals surface area contributed by atoms with Crippen LogP contribution in [0.15, 0.2) is 60.7 Å². The molecule has 0 atom stereocenters. The highest BCUT2D eigenvalue weighted by Crippen LogP contribution is 2.28. The molecule has 0 aliphatic rings. The van der Waals surface area contributed by atoms with Crippen molar-refractivity contribution in [1.82, 2.24) is 4.98 Å². The third-order valence-corrected chi connectivity index (χ3v) is 4.40. The Morgan fingerprint density at radius 2 is 1.80 bits per heavy atom. The van der Waals surface area contributed by atoms with Crippen LogP contribution in [0.5, 0.6) is 17.4 Å². The largest absolute Gasteiger partial charge is 0.493 e. The first-order valence-corrected chi connectivity index (χ1v) is 9.45. The molecule has 3 rings (SSSR count). The Balaban J connectivity index is 1.65. The van der Waals surface area contributed by atoms with E-state index in [1.54, 1.807) is 32.4 Å². The van der Waals surface area contributed by atoms with Crippen LogP contribution in [0.3, 0.4) is 0 Å². The predicted molar refractivity (Wildman–Crippen MR) is 114 cm³/mol. The molecule has 0 aliphatic carbocycles. The fourth-order valence-electron chi connectivity index (χ4n) is 2.92. The normalized spacial score (nSPS) is 10.4. The molecule has 7 heteroatoms. The summed E-state index contributed by atoms with van der Waals surface area (Å²) in [5.74, 6) is 1.42. The Bertz CT molecular complexity index is 1010. The molecule has 30 heavy (non-hydrogen) atoms. The van der Waals surface area contributed by atoms with Crippen molar-refractivity contribution in [1.29, 1.82) is 0 Å². The van der Waals surface area contributed by atoms with Crippen LogP contribution < -0.4 is 19.5 Å². The molecule has 0 aliphatic heterocycles. The van der Waals surface area contributed by atoms with Gasteiger partial charge in [-0.25, -0.2) is 4.98 Å². The van der Waals surface area contributed by atoms with Gasteiger partial charge in [0.15, 0.2) is 11.5 Å². The minimum absolute atomic E-state index is 0.457. The molecule has 0 spiro atoms. The Hall–Kier alpha value is -3.58. The molecule has 0 saturated carbocycles. The number of amides is 1. The number of hydrogen-bond donors (Lipinski definition) is 2. The predicted octanol–water partition coefficient (Wildman–Crippen LogP) is 3.32. The van der Waals surface area contributed by atoms with Crippen LogP contribution in [0, 0.1) is 0 Å². The summed E-state index contributed by atoms with van der Waals surface area (Å²) in [5, 5.41) is 11.5. The Labute approximate surface area is 175 Å². The number of aliphatic hydroxyl groups is 1. The Kier molecular flexibility index (Phi) is 7.24. The zero-order valence-corrected chi connectivity index (χ0v) is 16.9. The summed E-state index contributed by atoms with van der Waals surface area (Å²) in [6.45, 7) is -0.107. The zero-order chi connectivity index (χ0) is 21.3. The number of carbonyl (C=O) groups is 1. The van der Waals surface area contributed by atoms with Gasteiger partial charge in [0.25, 0.3) is 0 Å². The molecule has 3 aromatic rings. The summed E-state index contributed by atoms with van der Waals surface area (Å²) in [6.07, 6.45) is 0.689. The second-order valence-corrected chi connectivity index (χ2v) is 6.44. The van der Waals surface area contributed by atoms with Crippen LogP contribution in [0.2, 0.25) is 0 Å². The number of benzene rings is 2. The van der Waals surface area contributed by atoms with E-state index in [2.05, 4.69) is 10.3 Å². The van der Waals surface area contributed by atoms with Gasteiger partial charge in [-0.2, -0.15) is 0 Å². The van der Waals surface area contributed by atoms with E-state index < -0.39 is 12.5 Å². The smallest absolute Gasteiger partial charge is 0.250 e. The SMILES string of the molecule is COc1ccc(CCOc2cccc(-c3cccc(NC(=O)CO)c3)n2)cc1OC. The number of hydrogen-bond acceptors (Lipinski definition) is 6. The average Bonchev–Trinajstić information content (AvgIpc) is 2.79. The number of rotatable bonds is 9. The first-order chi connectivity index (χ1) is 14.6. The van der Waals surface area contributed by atoms with E-state index in [1.165, 1.54) is 0 Å². The fraction of sp³-hybridized carbons (Fsp3) is 0.217. The minimum Gasteiger partial charge on any atom is -0.493 e. The summed E-state index contributed by atoms with van der Waals surface area (Å²) >= 11 is 0. The van der Waals surface area contributed by atoms with Crippen molar-refractivity contribution in [2.24, 2.45) is 0 Å². The number of anilines is 1. The standard InChI is InChI=1S/C23H24N2O5/c1-28-20-10-9-16(13-21(20)29-2)11-12-30-23-8-4-7-19(25-23)17-5-3-6-18(14-17)24-22(27)15-26/h3-10,13-14,26H,11-12,15H2,1-2H3,(H,24,27). The molecule has 0 fully saturated rings. The summed E-state index contributed by atoms with van der Waals surface area (Å²) in [6, 6.07) is 18.6. The van der Waals surface area contributed by atoms with Gasteiger partial charge >= 0.3 is 0 Å². The van der Waals surface area contributed by atoms with E-state index in [-0.39, 0.29) is 0 Å². The Morgan fingerprint density at radius 3 is 2.57 bits per heavy atom. The van der Waals surface area contributed by atoms with Crippen molar-refractivity contribution in [3.63, 3.8) is 0 Å². The second kappa shape index (κ2) is 10.3. The lowest BCUT2D eigenvalue weighted by molar-refractivity contribution is -0.118. The van der Waals surface area contributed by atoms with Crippen molar-refractivity contribution < 1.29 is 24.1 Å². The molecule has 2 N–H and O–H groups in total. The molecule has 1 aromatic heterocycles. The molecule has 7 nitrogen and oxygen atoms in total. The number of nitrogens with zero attached hydrogens (tertiary/aromatic N) is 1. The number of aromatic nitrogens is 1. The molecule has 0 bridgehead atoms. The topological polar surface area (TPSA) is 89.9 Å². The van der Waals surface area contributed by atoms with Crippen molar-refractivity contribution in [2.45, 2.75) is 6.42 Å². The third-order valence-electron chi connectivity index (χ3n) is 4.40. The molecular formula is C23H24N2O5. The summed E-state index contributed by atoms with van der Waals surface area (Å²) < 4.78 is 16.4. The summed E-state index contributed by atoms with van der Waals surface area (Å²) in [7, 11) is 3.22. The van der Waals surface area contributed by atoms with Gasteiger partial charge in [-0.1, -0.05) is 24.3 Å². The van der Waals surface area contributed by atoms with Crippen LogP contribution in [0.4, 0.5) is 5.69 Å². The van der Waals surface area contributed by atoms with Gasteiger partial charge in [0.05, 0.1) is 26.5 Å². The van der Waals surface area contributed by atoms with Gasteiger partial charge < -0.3 is 24.6 Å². The lowest BCUT2D eigenvalue weighted by atomic mass is 10.1. The van der Waals surface area contributed by atoms with Gasteiger partial charge in [-0.3, -0.25) is 4.79 Å². The number of nitrogens with one attached hydrogen (secondary N) is 1.